The average molecular weight is 255 g/mol. The third-order valence-electron chi connectivity index (χ3n) is 3.48. The molecule has 1 aromatic rings. The first kappa shape index (κ1) is 13.0. The van der Waals surface area contributed by atoms with Crippen molar-refractivity contribution in [2.24, 2.45) is 5.92 Å². The van der Waals surface area contributed by atoms with Crippen LogP contribution in [0.15, 0.2) is 10.6 Å². The Hall–Kier alpha value is -1.40. The normalized spacial score (nSPS) is 24.2. The molecule has 1 aliphatic carbocycles. The molecule has 2 rings (SSSR count). The van der Waals surface area contributed by atoms with E-state index in [1.807, 2.05) is 0 Å². The first-order chi connectivity index (χ1) is 8.61. The van der Waals surface area contributed by atoms with Gasteiger partial charge in [0.15, 0.2) is 5.76 Å². The largest absolute Gasteiger partial charge is 0.469 e. The monoisotopic (exact) mass is 255 g/mol. The summed E-state index contributed by atoms with van der Waals surface area (Å²) in [5, 5.41) is 21.7. The molecule has 0 amide bonds. The van der Waals surface area contributed by atoms with Crippen molar-refractivity contribution >= 4 is 5.97 Å². The maximum atomic E-state index is 11.4. The highest BCUT2D eigenvalue weighted by molar-refractivity contribution is 5.72. The summed E-state index contributed by atoms with van der Waals surface area (Å²) < 4.78 is 9.56. The molecule has 100 valence electrons. The van der Waals surface area contributed by atoms with E-state index in [9.17, 15) is 4.79 Å². The molecule has 0 aliphatic heterocycles. The smallest absolute Gasteiger partial charge is 0.308 e. The molecular formula is C12H17NO5. The van der Waals surface area contributed by atoms with E-state index in [1.54, 1.807) is 6.07 Å². The summed E-state index contributed by atoms with van der Waals surface area (Å²) in [4.78, 5) is 11.4. The lowest BCUT2D eigenvalue weighted by molar-refractivity contribution is -0.146. The second-order valence-electron chi connectivity index (χ2n) is 4.60. The number of hydrogen-bond donors (Lipinski definition) is 2. The van der Waals surface area contributed by atoms with Crippen LogP contribution in [0.4, 0.5) is 0 Å². The van der Waals surface area contributed by atoms with Crippen molar-refractivity contribution in [2.75, 3.05) is 7.11 Å². The molecule has 1 aromatic heterocycles. The van der Waals surface area contributed by atoms with E-state index in [4.69, 9.17) is 19.5 Å². The maximum absolute atomic E-state index is 11.4. The number of aliphatic hydroxyl groups is 2. The van der Waals surface area contributed by atoms with Gasteiger partial charge in [-0.3, -0.25) is 4.79 Å². The molecule has 0 aromatic carbocycles. The number of carbonyl (C=O) groups is 1. The van der Waals surface area contributed by atoms with Crippen molar-refractivity contribution in [3.63, 3.8) is 0 Å². The molecule has 1 aliphatic rings. The van der Waals surface area contributed by atoms with Gasteiger partial charge in [0.2, 0.25) is 6.29 Å². The Kier molecular flexibility index (Phi) is 3.98. The van der Waals surface area contributed by atoms with Crippen molar-refractivity contribution < 1.29 is 24.3 Å². The number of methoxy groups -OCH3 is 1. The summed E-state index contributed by atoms with van der Waals surface area (Å²) in [7, 11) is 1.40. The highest BCUT2D eigenvalue weighted by Gasteiger charge is 2.29. The van der Waals surface area contributed by atoms with Gasteiger partial charge >= 0.3 is 5.97 Å². The second kappa shape index (κ2) is 5.49. The fourth-order valence-corrected chi connectivity index (χ4v) is 2.41. The molecule has 0 bridgehead atoms. The fourth-order valence-electron chi connectivity index (χ4n) is 2.41. The predicted molar refractivity (Wildman–Crippen MR) is 60.4 cm³/mol. The minimum absolute atomic E-state index is 0.0268. The Labute approximate surface area is 105 Å². The molecule has 6 heteroatoms. The van der Waals surface area contributed by atoms with E-state index < -0.39 is 6.29 Å². The van der Waals surface area contributed by atoms with Crippen LogP contribution in [-0.4, -0.2) is 28.4 Å². The van der Waals surface area contributed by atoms with Gasteiger partial charge in [-0.2, -0.15) is 0 Å². The topological polar surface area (TPSA) is 92.8 Å². The van der Waals surface area contributed by atoms with Crippen molar-refractivity contribution in [2.45, 2.75) is 37.9 Å². The zero-order chi connectivity index (χ0) is 13.1. The van der Waals surface area contributed by atoms with Crippen LogP contribution in [0.3, 0.4) is 0 Å². The number of ether oxygens (including phenoxy) is 1. The van der Waals surface area contributed by atoms with Gasteiger partial charge in [0.05, 0.1) is 18.7 Å². The van der Waals surface area contributed by atoms with Crippen LogP contribution in [0.25, 0.3) is 0 Å². The second-order valence-corrected chi connectivity index (χ2v) is 4.60. The van der Waals surface area contributed by atoms with E-state index in [0.29, 0.717) is 0 Å². The summed E-state index contributed by atoms with van der Waals surface area (Å²) in [6.45, 7) is 0. The van der Waals surface area contributed by atoms with Crippen molar-refractivity contribution in [3.05, 3.63) is 17.5 Å². The zero-order valence-electron chi connectivity index (χ0n) is 10.2. The number of carbonyl (C=O) groups excluding carboxylic acids is 1. The molecule has 6 nitrogen and oxygen atoms in total. The molecule has 1 heterocycles. The summed E-state index contributed by atoms with van der Waals surface area (Å²) >= 11 is 0. The van der Waals surface area contributed by atoms with E-state index in [0.717, 1.165) is 31.4 Å². The Bertz CT molecular complexity index is 406. The van der Waals surface area contributed by atoms with Crippen LogP contribution >= 0.6 is 0 Å². The van der Waals surface area contributed by atoms with Gasteiger partial charge in [-0.15, -0.1) is 0 Å². The molecule has 2 N–H and O–H groups in total. The minimum Gasteiger partial charge on any atom is -0.469 e. The van der Waals surface area contributed by atoms with Gasteiger partial charge in [-0.05, 0) is 25.7 Å². The number of esters is 1. The predicted octanol–water partition coefficient (Wildman–Crippen LogP) is 1.10. The van der Waals surface area contributed by atoms with Gasteiger partial charge in [0.25, 0.3) is 0 Å². The van der Waals surface area contributed by atoms with Gasteiger partial charge in [-0.25, -0.2) is 0 Å². The number of hydrogen-bond acceptors (Lipinski definition) is 6. The molecule has 1 saturated carbocycles. The average Bonchev–Trinajstić information content (AvgIpc) is 2.88. The number of nitrogens with zero attached hydrogens (tertiary/aromatic N) is 1. The van der Waals surface area contributed by atoms with E-state index in [1.165, 1.54) is 7.11 Å². The van der Waals surface area contributed by atoms with Crippen molar-refractivity contribution in [3.8, 4) is 0 Å². The summed E-state index contributed by atoms with van der Waals surface area (Å²) in [5.41, 5.74) is 0.724. The van der Waals surface area contributed by atoms with Crippen molar-refractivity contribution in [1.29, 1.82) is 0 Å². The van der Waals surface area contributed by atoms with Crippen LogP contribution in [0, 0.1) is 5.92 Å². The van der Waals surface area contributed by atoms with Gasteiger partial charge in [-0.1, -0.05) is 5.16 Å². The molecule has 0 radical (unpaired) electrons. The Morgan fingerprint density at radius 1 is 1.44 bits per heavy atom. The Morgan fingerprint density at radius 3 is 2.61 bits per heavy atom. The first-order valence-corrected chi connectivity index (χ1v) is 6.02. The Balaban J connectivity index is 1.94. The molecular weight excluding hydrogens is 238 g/mol. The number of rotatable bonds is 3. The third-order valence-corrected chi connectivity index (χ3v) is 3.48. The van der Waals surface area contributed by atoms with Crippen LogP contribution < -0.4 is 0 Å². The summed E-state index contributed by atoms with van der Waals surface area (Å²) in [6.07, 6.45) is 1.56. The van der Waals surface area contributed by atoms with Crippen LogP contribution in [0.5, 0.6) is 0 Å². The lowest BCUT2D eigenvalue weighted by atomic mass is 9.80. The lowest BCUT2D eigenvalue weighted by Gasteiger charge is -2.25. The standard InChI is InChI=1S/C12H17NO5/c1-17-12(16)8-4-2-7(3-5-8)9-6-10(11(14)15)18-13-9/h6-8,11,14-15H,2-5H2,1H3. The third kappa shape index (κ3) is 2.70. The number of aliphatic hydroxyl groups excluding tert-OH is 1. The van der Waals surface area contributed by atoms with E-state index in [-0.39, 0.29) is 23.6 Å². The lowest BCUT2D eigenvalue weighted by Crippen LogP contribution is -2.22. The van der Waals surface area contributed by atoms with E-state index in [2.05, 4.69) is 5.16 Å². The SMILES string of the molecule is COC(=O)C1CCC(c2cc(C(O)O)on2)CC1. The van der Waals surface area contributed by atoms with Gasteiger partial charge in [0.1, 0.15) is 0 Å². The zero-order valence-corrected chi connectivity index (χ0v) is 10.2. The molecule has 0 atom stereocenters. The van der Waals surface area contributed by atoms with Crippen molar-refractivity contribution in [1.82, 2.24) is 5.16 Å². The van der Waals surface area contributed by atoms with Crippen LogP contribution in [0.1, 0.15) is 49.3 Å². The Morgan fingerprint density at radius 2 is 2.11 bits per heavy atom. The highest BCUT2D eigenvalue weighted by Crippen LogP contribution is 2.36. The summed E-state index contributed by atoms with van der Waals surface area (Å²) in [6, 6.07) is 1.56. The minimum atomic E-state index is -1.63. The number of aromatic nitrogens is 1. The summed E-state index contributed by atoms with van der Waals surface area (Å²) in [5.74, 6) is 0.0865. The van der Waals surface area contributed by atoms with Gasteiger partial charge < -0.3 is 19.5 Å². The van der Waals surface area contributed by atoms with Crippen LogP contribution in [0.2, 0.25) is 0 Å². The quantitative estimate of drug-likeness (QED) is 0.620. The molecule has 18 heavy (non-hydrogen) atoms. The van der Waals surface area contributed by atoms with Gasteiger partial charge in [0, 0.05) is 12.0 Å². The van der Waals surface area contributed by atoms with Crippen LogP contribution in [-0.2, 0) is 9.53 Å². The van der Waals surface area contributed by atoms with E-state index >= 15 is 0 Å². The molecule has 0 spiro atoms. The molecule has 0 unspecified atom stereocenters. The maximum Gasteiger partial charge on any atom is 0.308 e. The first-order valence-electron chi connectivity index (χ1n) is 6.02. The fraction of sp³-hybridized carbons (Fsp3) is 0.667. The highest BCUT2D eigenvalue weighted by atomic mass is 16.5. The molecule has 1 fully saturated rings. The molecule has 0 saturated heterocycles.